The van der Waals surface area contributed by atoms with Crippen LogP contribution in [0.5, 0.6) is 0 Å². The Labute approximate surface area is 87.3 Å². The summed E-state index contributed by atoms with van der Waals surface area (Å²) in [5.41, 5.74) is 6.73. The number of benzene rings is 1. The topological polar surface area (TPSA) is 63.3 Å². The van der Waals surface area contributed by atoms with Gasteiger partial charge in [0.1, 0.15) is 0 Å². The molecule has 0 heterocycles. The number of carboxylic acid groups (broad SMARTS) is 1. The second-order valence-corrected chi connectivity index (χ2v) is 3.95. The molecule has 0 atom stereocenters. The number of carbonyl (C=O) groups is 1. The number of hydrogen-bond acceptors (Lipinski definition) is 3. The molecule has 0 radical (unpaired) electrons. The fourth-order valence-electron chi connectivity index (χ4n) is 1.07. The smallest absolute Gasteiger partial charge is 0.335 e. The third kappa shape index (κ3) is 3.40. The van der Waals surface area contributed by atoms with Crippen LogP contribution in [0, 0.1) is 0 Å². The van der Waals surface area contributed by atoms with Gasteiger partial charge < -0.3 is 10.8 Å². The van der Waals surface area contributed by atoms with E-state index in [0.29, 0.717) is 12.1 Å². The fourth-order valence-corrected chi connectivity index (χ4v) is 1.79. The van der Waals surface area contributed by atoms with Crippen molar-refractivity contribution in [2.45, 2.75) is 5.75 Å². The van der Waals surface area contributed by atoms with Crippen molar-refractivity contribution in [3.63, 3.8) is 0 Å². The van der Waals surface area contributed by atoms with Gasteiger partial charge in [-0.25, -0.2) is 4.79 Å². The zero-order chi connectivity index (χ0) is 10.4. The van der Waals surface area contributed by atoms with E-state index in [1.54, 1.807) is 30.0 Å². The molecule has 0 unspecified atom stereocenters. The summed E-state index contributed by atoms with van der Waals surface area (Å²) < 4.78 is 0. The van der Waals surface area contributed by atoms with E-state index in [0.717, 1.165) is 17.1 Å². The van der Waals surface area contributed by atoms with Crippen molar-refractivity contribution in [1.82, 2.24) is 0 Å². The highest BCUT2D eigenvalue weighted by atomic mass is 32.2. The van der Waals surface area contributed by atoms with Crippen molar-refractivity contribution in [3.05, 3.63) is 35.4 Å². The highest BCUT2D eigenvalue weighted by molar-refractivity contribution is 7.98. The number of aromatic carboxylic acids is 1. The Bertz CT molecular complexity index is 315. The molecular weight excluding hydrogens is 198 g/mol. The van der Waals surface area contributed by atoms with E-state index in [4.69, 9.17) is 10.8 Å². The molecule has 0 bridgehead atoms. The van der Waals surface area contributed by atoms with Gasteiger partial charge in [-0.1, -0.05) is 12.1 Å². The molecule has 3 nitrogen and oxygen atoms in total. The lowest BCUT2D eigenvalue weighted by Gasteiger charge is -2.01. The van der Waals surface area contributed by atoms with Gasteiger partial charge in [0.15, 0.2) is 0 Å². The van der Waals surface area contributed by atoms with E-state index in [1.807, 2.05) is 6.07 Å². The summed E-state index contributed by atoms with van der Waals surface area (Å²) in [5.74, 6) is 0.839. The maximum atomic E-state index is 10.7. The molecule has 0 aliphatic carbocycles. The van der Waals surface area contributed by atoms with Crippen LogP contribution in [0.4, 0.5) is 0 Å². The number of carboxylic acids is 1. The maximum absolute atomic E-state index is 10.7. The summed E-state index contributed by atoms with van der Waals surface area (Å²) in [6.07, 6.45) is 0. The summed E-state index contributed by atoms with van der Waals surface area (Å²) >= 11 is 1.71. The molecule has 14 heavy (non-hydrogen) atoms. The van der Waals surface area contributed by atoms with Crippen molar-refractivity contribution in [2.24, 2.45) is 5.73 Å². The molecule has 0 saturated heterocycles. The third-order valence-corrected chi connectivity index (χ3v) is 2.77. The van der Waals surface area contributed by atoms with Crippen LogP contribution in [0.2, 0.25) is 0 Å². The van der Waals surface area contributed by atoms with Crippen LogP contribution >= 0.6 is 11.8 Å². The molecule has 1 aromatic carbocycles. The molecule has 0 aromatic heterocycles. The number of thioether (sulfide) groups is 1. The van der Waals surface area contributed by atoms with Crippen LogP contribution < -0.4 is 5.73 Å². The van der Waals surface area contributed by atoms with Crippen molar-refractivity contribution in [2.75, 3.05) is 12.3 Å². The van der Waals surface area contributed by atoms with Crippen LogP contribution in [0.1, 0.15) is 15.9 Å². The molecule has 0 saturated carbocycles. The van der Waals surface area contributed by atoms with Crippen molar-refractivity contribution >= 4 is 17.7 Å². The fraction of sp³-hybridized carbons (Fsp3) is 0.300. The van der Waals surface area contributed by atoms with E-state index in [2.05, 4.69) is 0 Å². The lowest BCUT2D eigenvalue weighted by Crippen LogP contribution is -2.01. The van der Waals surface area contributed by atoms with Crippen LogP contribution in [0.25, 0.3) is 0 Å². The Morgan fingerprint density at radius 2 is 2.29 bits per heavy atom. The standard InChI is InChI=1S/C10H13NO2S/c11-4-5-14-7-8-2-1-3-9(6-8)10(12)13/h1-3,6H,4-5,7,11H2,(H,12,13). The first-order valence-electron chi connectivity index (χ1n) is 4.34. The zero-order valence-corrected chi connectivity index (χ0v) is 8.59. The zero-order valence-electron chi connectivity index (χ0n) is 7.77. The minimum absolute atomic E-state index is 0.343. The van der Waals surface area contributed by atoms with Crippen LogP contribution in [-0.2, 0) is 5.75 Å². The largest absolute Gasteiger partial charge is 0.478 e. The van der Waals surface area contributed by atoms with Crippen LogP contribution in [-0.4, -0.2) is 23.4 Å². The predicted octanol–water partition coefficient (Wildman–Crippen LogP) is 1.58. The second-order valence-electron chi connectivity index (χ2n) is 2.85. The van der Waals surface area contributed by atoms with Gasteiger partial charge in [0.25, 0.3) is 0 Å². The van der Waals surface area contributed by atoms with Crippen molar-refractivity contribution < 1.29 is 9.90 Å². The average molecular weight is 211 g/mol. The first kappa shape index (κ1) is 11.1. The summed E-state index contributed by atoms with van der Waals surface area (Å²) in [4.78, 5) is 10.7. The summed E-state index contributed by atoms with van der Waals surface area (Å²) in [7, 11) is 0. The Morgan fingerprint density at radius 1 is 1.50 bits per heavy atom. The molecule has 0 amide bonds. The van der Waals surface area contributed by atoms with Gasteiger partial charge in [-0.05, 0) is 17.7 Å². The van der Waals surface area contributed by atoms with E-state index < -0.39 is 5.97 Å². The molecule has 0 aliphatic heterocycles. The molecule has 76 valence electrons. The van der Waals surface area contributed by atoms with E-state index >= 15 is 0 Å². The van der Waals surface area contributed by atoms with Gasteiger partial charge in [-0.15, -0.1) is 0 Å². The Kier molecular flexibility index (Phi) is 4.49. The average Bonchev–Trinajstić information content (AvgIpc) is 2.19. The molecule has 4 heteroatoms. The van der Waals surface area contributed by atoms with Gasteiger partial charge in [-0.3, -0.25) is 0 Å². The lowest BCUT2D eigenvalue weighted by atomic mass is 10.1. The van der Waals surface area contributed by atoms with E-state index in [1.165, 1.54) is 0 Å². The molecular formula is C10H13NO2S. The van der Waals surface area contributed by atoms with Gasteiger partial charge in [0, 0.05) is 18.1 Å². The van der Waals surface area contributed by atoms with Gasteiger partial charge in [0.05, 0.1) is 5.56 Å². The second kappa shape index (κ2) is 5.67. The molecule has 0 fully saturated rings. The molecule has 0 spiro atoms. The summed E-state index contributed by atoms with van der Waals surface area (Å²) in [5, 5.41) is 8.75. The highest BCUT2D eigenvalue weighted by Gasteiger charge is 2.02. The molecule has 3 N–H and O–H groups in total. The number of hydrogen-bond donors (Lipinski definition) is 2. The summed E-state index contributed by atoms with van der Waals surface area (Å²) in [6, 6.07) is 6.99. The summed E-state index contributed by atoms with van der Waals surface area (Å²) in [6.45, 7) is 0.656. The van der Waals surface area contributed by atoms with Crippen LogP contribution in [0.3, 0.4) is 0 Å². The highest BCUT2D eigenvalue weighted by Crippen LogP contribution is 2.13. The Hall–Kier alpha value is -1.00. The van der Waals surface area contributed by atoms with E-state index in [9.17, 15) is 4.79 Å². The molecule has 1 aromatic rings. The maximum Gasteiger partial charge on any atom is 0.335 e. The minimum Gasteiger partial charge on any atom is -0.478 e. The molecule has 0 aliphatic rings. The van der Waals surface area contributed by atoms with Gasteiger partial charge >= 0.3 is 5.97 Å². The quantitative estimate of drug-likeness (QED) is 0.726. The first-order valence-corrected chi connectivity index (χ1v) is 5.49. The normalized spacial score (nSPS) is 10.1. The monoisotopic (exact) mass is 211 g/mol. The minimum atomic E-state index is -0.879. The first-order chi connectivity index (χ1) is 6.74. The van der Waals surface area contributed by atoms with Gasteiger partial charge in [0.2, 0.25) is 0 Å². The molecule has 1 rings (SSSR count). The Morgan fingerprint density at radius 3 is 2.93 bits per heavy atom. The van der Waals surface area contributed by atoms with Gasteiger partial charge in [-0.2, -0.15) is 11.8 Å². The third-order valence-electron chi connectivity index (χ3n) is 1.70. The number of nitrogens with two attached hydrogens (primary N) is 1. The Balaban J connectivity index is 2.59. The number of rotatable bonds is 5. The lowest BCUT2D eigenvalue weighted by molar-refractivity contribution is 0.0697. The van der Waals surface area contributed by atoms with E-state index in [-0.39, 0.29) is 0 Å². The van der Waals surface area contributed by atoms with Crippen molar-refractivity contribution in [3.8, 4) is 0 Å². The van der Waals surface area contributed by atoms with Crippen LogP contribution in [0.15, 0.2) is 24.3 Å². The SMILES string of the molecule is NCCSCc1cccc(C(=O)O)c1. The van der Waals surface area contributed by atoms with Crippen molar-refractivity contribution in [1.29, 1.82) is 0 Å². The predicted molar refractivity (Wildman–Crippen MR) is 58.6 cm³/mol.